The summed E-state index contributed by atoms with van der Waals surface area (Å²) in [5.41, 5.74) is 2.28. The molecule has 0 saturated carbocycles. The molecule has 3 nitrogen and oxygen atoms in total. The highest BCUT2D eigenvalue weighted by Gasteiger charge is 2.07. The van der Waals surface area contributed by atoms with E-state index in [1.165, 1.54) is 5.56 Å². The van der Waals surface area contributed by atoms with Crippen LogP contribution in [0.25, 0.3) is 0 Å². The first-order valence-electron chi connectivity index (χ1n) is 6.10. The van der Waals surface area contributed by atoms with Crippen molar-refractivity contribution in [3.05, 3.63) is 46.2 Å². The lowest BCUT2D eigenvalue weighted by Gasteiger charge is -2.12. The number of anilines is 1. The summed E-state index contributed by atoms with van der Waals surface area (Å²) < 4.78 is 3.26. The Hall–Kier alpha value is -1.29. The molecule has 0 amide bonds. The average molecular weight is 308 g/mol. The highest BCUT2D eigenvalue weighted by Crippen LogP contribution is 2.17. The summed E-state index contributed by atoms with van der Waals surface area (Å²) >= 11 is 3.48. The van der Waals surface area contributed by atoms with Crippen LogP contribution >= 0.6 is 15.9 Å². The van der Waals surface area contributed by atoms with Gasteiger partial charge >= 0.3 is 0 Å². The van der Waals surface area contributed by atoms with Crippen LogP contribution in [-0.2, 0) is 6.54 Å². The Morgan fingerprint density at radius 3 is 2.83 bits per heavy atom. The second-order valence-corrected chi connectivity index (χ2v) is 5.61. The largest absolute Gasteiger partial charge is 0.352 e. The van der Waals surface area contributed by atoms with E-state index < -0.39 is 0 Å². The second-order valence-electron chi connectivity index (χ2n) is 4.69. The Labute approximate surface area is 116 Å². The number of benzene rings is 1. The Kier molecular flexibility index (Phi) is 4.07. The zero-order valence-electron chi connectivity index (χ0n) is 10.9. The third kappa shape index (κ3) is 3.13. The summed E-state index contributed by atoms with van der Waals surface area (Å²) in [4.78, 5) is 4.51. The van der Waals surface area contributed by atoms with Crippen molar-refractivity contribution in [3.63, 3.8) is 0 Å². The standard InChI is InChI=1S/C14H18BrN3/c1-10(2)18-9-11(3)17-14(18)16-8-12-5-4-6-13(15)7-12/h4-7,9-10H,8H2,1-3H3,(H,16,17). The number of rotatable bonds is 4. The zero-order chi connectivity index (χ0) is 13.1. The van der Waals surface area contributed by atoms with Gasteiger partial charge in [0.15, 0.2) is 0 Å². The van der Waals surface area contributed by atoms with Crippen molar-refractivity contribution in [1.82, 2.24) is 9.55 Å². The minimum atomic E-state index is 0.413. The van der Waals surface area contributed by atoms with Gasteiger partial charge in [-0.15, -0.1) is 0 Å². The Balaban J connectivity index is 2.10. The van der Waals surface area contributed by atoms with Gasteiger partial charge in [0, 0.05) is 23.3 Å². The lowest BCUT2D eigenvalue weighted by Crippen LogP contribution is -2.08. The molecule has 0 saturated heterocycles. The van der Waals surface area contributed by atoms with E-state index in [0.717, 1.165) is 22.7 Å². The first-order valence-corrected chi connectivity index (χ1v) is 6.89. The van der Waals surface area contributed by atoms with E-state index in [4.69, 9.17) is 0 Å². The molecule has 0 bridgehead atoms. The fourth-order valence-electron chi connectivity index (χ4n) is 1.87. The summed E-state index contributed by atoms with van der Waals surface area (Å²) in [5, 5.41) is 3.39. The molecule has 18 heavy (non-hydrogen) atoms. The number of hydrogen-bond acceptors (Lipinski definition) is 2. The minimum Gasteiger partial charge on any atom is -0.352 e. The van der Waals surface area contributed by atoms with Gasteiger partial charge in [0.25, 0.3) is 0 Å². The minimum absolute atomic E-state index is 0.413. The van der Waals surface area contributed by atoms with E-state index in [1.54, 1.807) is 0 Å². The predicted octanol–water partition coefficient (Wildman–Crippen LogP) is 4.15. The smallest absolute Gasteiger partial charge is 0.203 e. The Morgan fingerprint density at radius 2 is 2.17 bits per heavy atom. The van der Waals surface area contributed by atoms with E-state index in [9.17, 15) is 0 Å². The van der Waals surface area contributed by atoms with Crippen molar-refractivity contribution in [2.45, 2.75) is 33.4 Å². The van der Waals surface area contributed by atoms with Crippen LogP contribution in [0.5, 0.6) is 0 Å². The van der Waals surface area contributed by atoms with Crippen molar-refractivity contribution in [2.24, 2.45) is 0 Å². The van der Waals surface area contributed by atoms with Gasteiger partial charge < -0.3 is 9.88 Å². The van der Waals surface area contributed by atoms with Gasteiger partial charge in [0.1, 0.15) is 0 Å². The van der Waals surface area contributed by atoms with Crippen molar-refractivity contribution >= 4 is 21.9 Å². The van der Waals surface area contributed by atoms with Crippen molar-refractivity contribution < 1.29 is 0 Å². The molecule has 1 heterocycles. The molecule has 0 unspecified atom stereocenters. The first-order chi connectivity index (χ1) is 8.56. The van der Waals surface area contributed by atoms with Crippen molar-refractivity contribution in [1.29, 1.82) is 0 Å². The molecule has 2 rings (SSSR count). The molecule has 1 N–H and O–H groups in total. The maximum atomic E-state index is 4.51. The lowest BCUT2D eigenvalue weighted by atomic mass is 10.2. The van der Waals surface area contributed by atoms with Gasteiger partial charge in [-0.25, -0.2) is 4.98 Å². The van der Waals surface area contributed by atoms with Crippen LogP contribution in [0.3, 0.4) is 0 Å². The van der Waals surface area contributed by atoms with Crippen LogP contribution in [-0.4, -0.2) is 9.55 Å². The Morgan fingerprint density at radius 1 is 1.39 bits per heavy atom. The van der Waals surface area contributed by atoms with Crippen molar-refractivity contribution in [3.8, 4) is 0 Å². The highest BCUT2D eigenvalue weighted by molar-refractivity contribution is 9.10. The number of aryl methyl sites for hydroxylation is 1. The van der Waals surface area contributed by atoms with E-state index in [1.807, 2.05) is 19.1 Å². The molecular formula is C14H18BrN3. The predicted molar refractivity (Wildman–Crippen MR) is 78.8 cm³/mol. The monoisotopic (exact) mass is 307 g/mol. The maximum absolute atomic E-state index is 4.51. The Bertz CT molecular complexity index is 532. The molecule has 0 aliphatic carbocycles. The quantitative estimate of drug-likeness (QED) is 0.919. The molecule has 0 aliphatic rings. The molecule has 0 radical (unpaired) electrons. The van der Waals surface area contributed by atoms with Gasteiger partial charge in [-0.2, -0.15) is 0 Å². The van der Waals surface area contributed by atoms with E-state index in [-0.39, 0.29) is 0 Å². The summed E-state index contributed by atoms with van der Waals surface area (Å²) in [6, 6.07) is 8.70. The van der Waals surface area contributed by atoms with Crippen molar-refractivity contribution in [2.75, 3.05) is 5.32 Å². The van der Waals surface area contributed by atoms with Gasteiger partial charge in [-0.05, 0) is 38.5 Å². The number of nitrogens with one attached hydrogen (secondary N) is 1. The number of nitrogens with zero attached hydrogens (tertiary/aromatic N) is 2. The van der Waals surface area contributed by atoms with Gasteiger partial charge in [-0.1, -0.05) is 28.1 Å². The third-order valence-electron chi connectivity index (χ3n) is 2.75. The number of imidazole rings is 1. The average Bonchev–Trinajstić information content (AvgIpc) is 2.68. The summed E-state index contributed by atoms with van der Waals surface area (Å²) in [5.74, 6) is 0.933. The summed E-state index contributed by atoms with van der Waals surface area (Å²) in [7, 11) is 0. The van der Waals surface area contributed by atoms with E-state index in [2.05, 4.69) is 63.0 Å². The van der Waals surface area contributed by atoms with Crippen LogP contribution in [0.1, 0.15) is 31.1 Å². The molecule has 2 aromatic rings. The molecule has 96 valence electrons. The SMILES string of the molecule is Cc1cn(C(C)C)c(NCc2cccc(Br)c2)n1. The number of aromatic nitrogens is 2. The number of halogens is 1. The van der Waals surface area contributed by atoms with Crippen LogP contribution in [0, 0.1) is 6.92 Å². The topological polar surface area (TPSA) is 29.9 Å². The maximum Gasteiger partial charge on any atom is 0.203 e. The van der Waals surface area contributed by atoms with Crippen LogP contribution in [0.4, 0.5) is 5.95 Å². The summed E-state index contributed by atoms with van der Waals surface area (Å²) in [6.45, 7) is 7.11. The van der Waals surface area contributed by atoms with Gasteiger partial charge in [0.2, 0.25) is 5.95 Å². The fraction of sp³-hybridized carbons (Fsp3) is 0.357. The number of hydrogen-bond donors (Lipinski definition) is 1. The second kappa shape index (κ2) is 5.57. The van der Waals surface area contributed by atoms with E-state index in [0.29, 0.717) is 6.04 Å². The lowest BCUT2D eigenvalue weighted by molar-refractivity contribution is 0.604. The molecule has 0 spiro atoms. The zero-order valence-corrected chi connectivity index (χ0v) is 12.5. The van der Waals surface area contributed by atoms with Gasteiger partial charge in [-0.3, -0.25) is 0 Å². The molecule has 1 aromatic heterocycles. The molecule has 1 aromatic carbocycles. The summed E-state index contributed by atoms with van der Waals surface area (Å²) in [6.07, 6.45) is 2.08. The fourth-order valence-corrected chi connectivity index (χ4v) is 2.32. The van der Waals surface area contributed by atoms with Crippen LogP contribution in [0.15, 0.2) is 34.9 Å². The van der Waals surface area contributed by atoms with E-state index >= 15 is 0 Å². The molecular weight excluding hydrogens is 290 g/mol. The molecule has 0 aliphatic heterocycles. The highest BCUT2D eigenvalue weighted by atomic mass is 79.9. The molecule has 0 fully saturated rings. The first kappa shape index (κ1) is 13.1. The van der Waals surface area contributed by atoms with Gasteiger partial charge in [0.05, 0.1) is 5.69 Å². The molecule has 0 atom stereocenters. The third-order valence-corrected chi connectivity index (χ3v) is 3.24. The normalized spacial score (nSPS) is 10.9. The van der Waals surface area contributed by atoms with Crippen LogP contribution in [0.2, 0.25) is 0 Å². The molecule has 4 heteroatoms. The van der Waals surface area contributed by atoms with Crippen LogP contribution < -0.4 is 5.32 Å².